The van der Waals surface area contributed by atoms with E-state index in [1.54, 1.807) is 30.3 Å². The Bertz CT molecular complexity index is 744. The lowest BCUT2D eigenvalue weighted by atomic mass is 9.80. The zero-order chi connectivity index (χ0) is 20.1. The number of aliphatic hydroxyl groups is 1. The molecular formula is C20H21F3O4. The number of ether oxygens (including phenoxy) is 2. The van der Waals surface area contributed by atoms with Crippen molar-refractivity contribution < 1.29 is 32.5 Å². The van der Waals surface area contributed by atoms with Gasteiger partial charge in [0.2, 0.25) is 0 Å². The van der Waals surface area contributed by atoms with E-state index in [9.17, 15) is 23.1 Å². The maximum absolute atomic E-state index is 12.9. The maximum Gasteiger partial charge on any atom is 0.416 e. The van der Waals surface area contributed by atoms with E-state index < -0.39 is 29.4 Å². The Hall–Kier alpha value is -2.38. The molecule has 0 unspecified atom stereocenters. The Labute approximate surface area is 155 Å². The van der Waals surface area contributed by atoms with Gasteiger partial charge in [0.1, 0.15) is 0 Å². The molecule has 2 rings (SSSR count). The van der Waals surface area contributed by atoms with Crippen molar-refractivity contribution in [3.8, 4) is 0 Å². The molecule has 0 aliphatic heterocycles. The summed E-state index contributed by atoms with van der Waals surface area (Å²) in [5.41, 5.74) is -1.89. The lowest BCUT2D eigenvalue weighted by Gasteiger charge is -2.37. The fourth-order valence-corrected chi connectivity index (χ4v) is 2.86. The van der Waals surface area contributed by atoms with Gasteiger partial charge in [-0.2, -0.15) is 13.2 Å². The second-order valence-electron chi connectivity index (χ2n) is 5.95. The number of benzene rings is 2. The number of halogens is 3. The first-order valence-corrected chi connectivity index (χ1v) is 8.40. The van der Waals surface area contributed by atoms with Gasteiger partial charge in [-0.05, 0) is 29.7 Å². The van der Waals surface area contributed by atoms with Crippen LogP contribution in [0, 0.1) is 0 Å². The molecule has 0 bridgehead atoms. The van der Waals surface area contributed by atoms with Gasteiger partial charge < -0.3 is 14.6 Å². The average Bonchev–Trinajstić information content (AvgIpc) is 2.68. The van der Waals surface area contributed by atoms with E-state index >= 15 is 0 Å². The van der Waals surface area contributed by atoms with Crippen molar-refractivity contribution in [2.75, 3.05) is 13.7 Å². The van der Waals surface area contributed by atoms with Crippen LogP contribution in [0.25, 0.3) is 0 Å². The van der Waals surface area contributed by atoms with E-state index in [2.05, 4.69) is 4.74 Å². The van der Waals surface area contributed by atoms with Crippen molar-refractivity contribution in [3.63, 3.8) is 0 Å². The number of carbonyl (C=O) groups is 1. The third-order valence-electron chi connectivity index (χ3n) is 4.19. The number of carbonyl (C=O) groups excluding carboxylic acids is 1. The van der Waals surface area contributed by atoms with Gasteiger partial charge in [-0.3, -0.25) is 0 Å². The molecule has 7 heteroatoms. The molecule has 0 aromatic heterocycles. The molecule has 2 aromatic rings. The maximum atomic E-state index is 12.9. The molecule has 0 radical (unpaired) electrons. The quantitative estimate of drug-likeness (QED) is 0.738. The summed E-state index contributed by atoms with van der Waals surface area (Å²) < 4.78 is 49.4. The van der Waals surface area contributed by atoms with Crippen molar-refractivity contribution in [2.24, 2.45) is 0 Å². The van der Waals surface area contributed by atoms with E-state index in [1.807, 2.05) is 6.92 Å². The molecule has 0 amide bonds. The highest BCUT2D eigenvalue weighted by Crippen LogP contribution is 2.39. The van der Waals surface area contributed by atoms with Crippen LogP contribution in [0.3, 0.4) is 0 Å². The molecule has 146 valence electrons. The molecular weight excluding hydrogens is 361 g/mol. The SMILES string of the molecule is CCCO[C@](c1ccccc1)(c1ccc(C(F)(F)F)cc1)[C@H](O)C(=O)OC. The normalized spacial score (nSPS) is 15.0. The van der Waals surface area contributed by atoms with Gasteiger partial charge in [-0.25, -0.2) is 4.79 Å². The molecule has 0 saturated carbocycles. The highest BCUT2D eigenvalue weighted by atomic mass is 19.4. The first-order chi connectivity index (χ1) is 12.8. The monoisotopic (exact) mass is 382 g/mol. The molecule has 27 heavy (non-hydrogen) atoms. The van der Waals surface area contributed by atoms with Crippen molar-refractivity contribution in [3.05, 3.63) is 71.3 Å². The van der Waals surface area contributed by atoms with Crippen molar-refractivity contribution in [1.82, 2.24) is 0 Å². The predicted octanol–water partition coefficient (Wildman–Crippen LogP) is 3.91. The first-order valence-electron chi connectivity index (χ1n) is 8.40. The molecule has 2 aromatic carbocycles. The lowest BCUT2D eigenvalue weighted by Crippen LogP contribution is -2.48. The number of hydrogen-bond acceptors (Lipinski definition) is 4. The second-order valence-corrected chi connectivity index (χ2v) is 5.95. The summed E-state index contributed by atoms with van der Waals surface area (Å²) >= 11 is 0. The van der Waals surface area contributed by atoms with Crippen molar-refractivity contribution in [1.29, 1.82) is 0 Å². The van der Waals surface area contributed by atoms with E-state index in [0.29, 0.717) is 12.0 Å². The molecule has 4 nitrogen and oxygen atoms in total. The highest BCUT2D eigenvalue weighted by Gasteiger charge is 2.47. The minimum atomic E-state index is -4.50. The molecule has 1 N–H and O–H groups in total. The van der Waals surface area contributed by atoms with E-state index in [4.69, 9.17) is 4.74 Å². The average molecular weight is 382 g/mol. The summed E-state index contributed by atoms with van der Waals surface area (Å²) in [6.07, 6.45) is -5.70. The van der Waals surface area contributed by atoms with Gasteiger partial charge in [0.05, 0.1) is 12.7 Å². The Kier molecular flexibility index (Phi) is 6.62. The highest BCUT2D eigenvalue weighted by molar-refractivity contribution is 5.77. The number of hydrogen-bond donors (Lipinski definition) is 1. The first kappa shape index (κ1) is 20.9. The zero-order valence-corrected chi connectivity index (χ0v) is 15.0. The number of rotatable bonds is 7. The summed E-state index contributed by atoms with van der Waals surface area (Å²) in [6.45, 7) is 2.01. The van der Waals surface area contributed by atoms with Gasteiger partial charge in [0.25, 0.3) is 0 Å². The summed E-state index contributed by atoms with van der Waals surface area (Å²) in [7, 11) is 1.12. The van der Waals surface area contributed by atoms with Gasteiger partial charge in [-0.15, -0.1) is 0 Å². The number of alkyl halides is 3. The molecule has 0 fully saturated rings. The number of methoxy groups -OCH3 is 1. The Morgan fingerprint density at radius 3 is 2.00 bits per heavy atom. The zero-order valence-electron chi connectivity index (χ0n) is 15.0. The standard InChI is InChI=1S/C20H21F3O4/c1-3-13-27-19(17(24)18(25)26-2,14-7-5-4-6-8-14)15-9-11-16(12-10-15)20(21,22)23/h4-12,17,24H,3,13H2,1-2H3/t17-,19-/m1/s1. The molecule has 2 atom stereocenters. The fourth-order valence-electron chi connectivity index (χ4n) is 2.86. The van der Waals surface area contributed by atoms with Crippen LogP contribution in [0.2, 0.25) is 0 Å². The Morgan fingerprint density at radius 2 is 1.52 bits per heavy atom. The van der Waals surface area contributed by atoms with Crippen LogP contribution in [0.1, 0.15) is 30.0 Å². The van der Waals surface area contributed by atoms with Crippen LogP contribution in [0.5, 0.6) is 0 Å². The smallest absolute Gasteiger partial charge is 0.416 e. The van der Waals surface area contributed by atoms with Crippen LogP contribution < -0.4 is 0 Å². The van der Waals surface area contributed by atoms with Crippen molar-refractivity contribution in [2.45, 2.75) is 31.2 Å². The van der Waals surface area contributed by atoms with Crippen LogP contribution in [0.4, 0.5) is 13.2 Å². The largest absolute Gasteiger partial charge is 0.467 e. The fraction of sp³-hybridized carbons (Fsp3) is 0.350. The number of esters is 1. The van der Waals surface area contributed by atoms with Crippen LogP contribution in [0.15, 0.2) is 54.6 Å². The third kappa shape index (κ3) is 4.31. The van der Waals surface area contributed by atoms with E-state index in [0.717, 1.165) is 19.2 Å². The van der Waals surface area contributed by atoms with Crippen molar-refractivity contribution >= 4 is 5.97 Å². The molecule has 0 spiro atoms. The predicted molar refractivity (Wildman–Crippen MR) is 92.9 cm³/mol. The Balaban J connectivity index is 2.68. The van der Waals surface area contributed by atoms with Gasteiger partial charge in [0, 0.05) is 6.61 Å². The van der Waals surface area contributed by atoms with Gasteiger partial charge >= 0.3 is 12.1 Å². The molecule has 0 saturated heterocycles. The van der Waals surface area contributed by atoms with E-state index in [-0.39, 0.29) is 12.2 Å². The van der Waals surface area contributed by atoms with Gasteiger partial charge in [-0.1, -0.05) is 49.4 Å². The third-order valence-corrected chi connectivity index (χ3v) is 4.19. The topological polar surface area (TPSA) is 55.8 Å². The van der Waals surface area contributed by atoms with Gasteiger partial charge in [0.15, 0.2) is 11.7 Å². The molecule has 0 aliphatic rings. The molecule has 0 heterocycles. The summed E-state index contributed by atoms with van der Waals surface area (Å²) in [5.74, 6) is -0.949. The Morgan fingerprint density at radius 1 is 1.00 bits per heavy atom. The minimum Gasteiger partial charge on any atom is -0.467 e. The van der Waals surface area contributed by atoms with Crippen LogP contribution in [-0.2, 0) is 26.0 Å². The summed E-state index contributed by atoms with van der Waals surface area (Å²) in [5, 5.41) is 10.8. The minimum absolute atomic E-state index is 0.171. The lowest BCUT2D eigenvalue weighted by molar-refractivity contribution is -0.170. The van der Waals surface area contributed by atoms with Crippen LogP contribution >= 0.6 is 0 Å². The summed E-state index contributed by atoms with van der Waals surface area (Å²) in [6, 6.07) is 12.6. The molecule has 0 aliphatic carbocycles. The summed E-state index contributed by atoms with van der Waals surface area (Å²) in [4.78, 5) is 12.2. The van der Waals surface area contributed by atoms with E-state index in [1.165, 1.54) is 12.1 Å². The second kappa shape index (κ2) is 8.54. The number of aliphatic hydroxyl groups excluding tert-OH is 1. The van der Waals surface area contributed by atoms with Crippen LogP contribution in [-0.4, -0.2) is 30.9 Å².